The van der Waals surface area contributed by atoms with E-state index in [0.717, 1.165) is 10.4 Å². The maximum Gasteiger partial charge on any atom is 0.468 e. The molecule has 25 heavy (non-hydrogen) atoms. The average Bonchev–Trinajstić information content (AvgIpc) is 3.08. The maximum atomic E-state index is 11.9. The van der Waals surface area contributed by atoms with Crippen molar-refractivity contribution >= 4 is 17.4 Å². The van der Waals surface area contributed by atoms with Crippen LogP contribution in [0.1, 0.15) is 17.8 Å². The molecule has 2 aromatic heterocycles. The number of amides is 1. The normalized spacial score (nSPS) is 10.6. The minimum atomic E-state index is -0.939. The Kier molecular flexibility index (Phi) is 5.41. The summed E-state index contributed by atoms with van der Waals surface area (Å²) in [7, 11) is 0. The van der Waals surface area contributed by atoms with Crippen molar-refractivity contribution in [3.8, 4) is 0 Å². The summed E-state index contributed by atoms with van der Waals surface area (Å²) >= 11 is 0. The number of rotatable bonds is 8. The Bertz CT molecular complexity index is 810. The van der Waals surface area contributed by atoms with Crippen molar-refractivity contribution in [3.05, 3.63) is 43.9 Å². The Labute approximate surface area is 141 Å². The molecular weight excluding hydrogens is 334 g/mol. The zero-order chi connectivity index (χ0) is 18.6. The van der Waals surface area contributed by atoms with E-state index >= 15 is 0 Å². The zero-order valence-corrected chi connectivity index (χ0v) is 13.7. The van der Waals surface area contributed by atoms with Gasteiger partial charge in [0.05, 0.1) is 10.0 Å². The van der Waals surface area contributed by atoms with Crippen molar-refractivity contribution in [3.63, 3.8) is 0 Å². The maximum absolute atomic E-state index is 11.9. The van der Waals surface area contributed by atoms with E-state index in [0.29, 0.717) is 19.5 Å². The molecule has 134 valence electrons. The molecular formula is C13H17N7O5. The van der Waals surface area contributed by atoms with Crippen LogP contribution < -0.4 is 5.32 Å². The molecule has 0 saturated carbocycles. The van der Waals surface area contributed by atoms with E-state index in [1.54, 1.807) is 10.9 Å². The van der Waals surface area contributed by atoms with Gasteiger partial charge in [-0.3, -0.25) is 19.6 Å². The molecule has 0 aliphatic carbocycles. The Balaban J connectivity index is 1.92. The van der Waals surface area contributed by atoms with E-state index in [2.05, 4.69) is 15.5 Å². The Morgan fingerprint density at radius 3 is 2.48 bits per heavy atom. The van der Waals surface area contributed by atoms with Crippen molar-refractivity contribution in [2.24, 2.45) is 0 Å². The Morgan fingerprint density at radius 1 is 1.24 bits per heavy atom. The van der Waals surface area contributed by atoms with Crippen LogP contribution in [0.4, 0.5) is 11.5 Å². The van der Waals surface area contributed by atoms with Gasteiger partial charge in [0.2, 0.25) is 5.91 Å². The fraction of sp³-hybridized carbons (Fsp3) is 0.462. The largest absolute Gasteiger partial charge is 0.468 e. The lowest BCUT2D eigenvalue weighted by molar-refractivity contribution is -0.424. The lowest BCUT2D eigenvalue weighted by Crippen LogP contribution is -2.29. The van der Waals surface area contributed by atoms with Gasteiger partial charge in [-0.2, -0.15) is 9.78 Å². The summed E-state index contributed by atoms with van der Waals surface area (Å²) in [5.74, 6) is -1.31. The highest BCUT2D eigenvalue weighted by Crippen LogP contribution is 2.28. The van der Waals surface area contributed by atoms with Gasteiger partial charge in [-0.1, -0.05) is 0 Å². The van der Waals surface area contributed by atoms with Crippen molar-refractivity contribution in [1.82, 2.24) is 24.9 Å². The first-order chi connectivity index (χ1) is 11.8. The summed E-state index contributed by atoms with van der Waals surface area (Å²) in [5.41, 5.74) is 0.268. The van der Waals surface area contributed by atoms with Crippen molar-refractivity contribution in [2.45, 2.75) is 33.4 Å². The highest BCUT2D eigenvalue weighted by molar-refractivity contribution is 5.76. The highest BCUT2D eigenvalue weighted by Gasteiger charge is 2.35. The Hall–Kier alpha value is -3.31. The molecule has 0 atom stereocenters. The Morgan fingerprint density at radius 2 is 1.96 bits per heavy atom. The molecule has 2 aromatic rings. The van der Waals surface area contributed by atoms with Gasteiger partial charge in [0.1, 0.15) is 12.2 Å². The van der Waals surface area contributed by atoms with Crippen molar-refractivity contribution in [2.75, 3.05) is 6.54 Å². The van der Waals surface area contributed by atoms with Gasteiger partial charge in [0.25, 0.3) is 0 Å². The first-order valence-corrected chi connectivity index (χ1v) is 7.42. The molecule has 0 spiro atoms. The van der Waals surface area contributed by atoms with Crippen LogP contribution in [0.15, 0.2) is 12.3 Å². The molecule has 0 radical (unpaired) electrons. The first kappa shape index (κ1) is 18.0. The van der Waals surface area contributed by atoms with Crippen molar-refractivity contribution < 1.29 is 14.6 Å². The van der Waals surface area contributed by atoms with Gasteiger partial charge in [-0.25, -0.2) is 0 Å². The molecule has 2 rings (SSSR count). The van der Waals surface area contributed by atoms with Crippen LogP contribution in [0.5, 0.6) is 0 Å². The molecule has 0 unspecified atom stereocenters. The van der Waals surface area contributed by atoms with Crippen LogP contribution in [-0.4, -0.2) is 41.9 Å². The van der Waals surface area contributed by atoms with Gasteiger partial charge in [0.15, 0.2) is 0 Å². The second-order valence-electron chi connectivity index (χ2n) is 5.33. The molecule has 0 fully saturated rings. The predicted molar refractivity (Wildman–Crippen MR) is 84.9 cm³/mol. The number of nitrogens with one attached hydrogen (secondary N) is 1. The van der Waals surface area contributed by atoms with E-state index in [1.807, 2.05) is 13.0 Å². The van der Waals surface area contributed by atoms with Gasteiger partial charge in [0, 0.05) is 25.0 Å². The summed E-state index contributed by atoms with van der Waals surface area (Å²) in [4.78, 5) is 31.9. The lowest BCUT2D eigenvalue weighted by atomic mass is 10.3. The number of carbonyl (C=O) groups excluding carboxylic acids is 1. The number of hydrogen-bond donors (Lipinski definition) is 1. The quantitative estimate of drug-likeness (QED) is 0.418. The lowest BCUT2D eigenvalue weighted by Gasteiger charge is -2.06. The minimum absolute atomic E-state index is 0.0426. The van der Waals surface area contributed by atoms with Gasteiger partial charge in [-0.15, -0.1) is 0 Å². The van der Waals surface area contributed by atoms with Crippen LogP contribution >= 0.6 is 0 Å². The molecule has 1 N–H and O–H groups in total. The second kappa shape index (κ2) is 7.51. The standard InChI is InChI=1S/C13H17N7O5/c1-9-4-6-15-17(9)7-3-5-14-11(21)8-18-10(2)12(19(22)23)13(16-18)20(24)25/h4,6H,3,5,7-8H2,1-2H3,(H,14,21). The molecule has 2 heterocycles. The number of carbonyl (C=O) groups is 1. The van der Waals surface area contributed by atoms with Gasteiger partial charge < -0.3 is 15.4 Å². The third kappa shape index (κ3) is 4.16. The number of aryl methyl sites for hydroxylation is 2. The second-order valence-corrected chi connectivity index (χ2v) is 5.33. The van der Waals surface area contributed by atoms with E-state index in [4.69, 9.17) is 0 Å². The van der Waals surface area contributed by atoms with Crippen LogP contribution in [0, 0.1) is 34.1 Å². The van der Waals surface area contributed by atoms with E-state index in [1.165, 1.54) is 6.92 Å². The van der Waals surface area contributed by atoms with Gasteiger partial charge >= 0.3 is 11.5 Å². The molecule has 0 saturated heterocycles. The number of aromatic nitrogens is 4. The molecule has 12 heteroatoms. The number of hydrogen-bond acceptors (Lipinski definition) is 7. The third-order valence-electron chi connectivity index (χ3n) is 3.60. The van der Waals surface area contributed by atoms with Crippen LogP contribution in [0.3, 0.4) is 0 Å². The topological polar surface area (TPSA) is 151 Å². The molecule has 1 amide bonds. The molecule has 12 nitrogen and oxygen atoms in total. The predicted octanol–water partition coefficient (Wildman–Crippen LogP) is 0.719. The summed E-state index contributed by atoms with van der Waals surface area (Å²) in [6.45, 7) is 3.92. The fourth-order valence-corrected chi connectivity index (χ4v) is 2.29. The zero-order valence-electron chi connectivity index (χ0n) is 13.7. The van der Waals surface area contributed by atoms with E-state index < -0.39 is 27.3 Å². The monoisotopic (exact) mass is 351 g/mol. The smallest absolute Gasteiger partial charge is 0.358 e. The number of nitrogens with zero attached hydrogens (tertiary/aromatic N) is 6. The van der Waals surface area contributed by atoms with E-state index in [9.17, 15) is 25.0 Å². The first-order valence-electron chi connectivity index (χ1n) is 7.42. The summed E-state index contributed by atoms with van der Waals surface area (Å²) < 4.78 is 2.76. The van der Waals surface area contributed by atoms with Gasteiger partial charge in [-0.05, 0) is 31.3 Å². The summed E-state index contributed by atoms with van der Waals surface area (Å²) in [6, 6.07) is 1.87. The summed E-state index contributed by atoms with van der Waals surface area (Å²) in [5, 5.41) is 32.1. The van der Waals surface area contributed by atoms with Crippen LogP contribution in [0.25, 0.3) is 0 Å². The average molecular weight is 351 g/mol. The highest BCUT2D eigenvalue weighted by atomic mass is 16.6. The molecule has 0 aromatic carbocycles. The SMILES string of the molecule is Cc1ccnn1CCCNC(=O)Cn1nc([N+](=O)[O-])c([N+](=O)[O-])c1C. The van der Waals surface area contributed by atoms with E-state index in [-0.39, 0.29) is 12.2 Å². The fourth-order valence-electron chi connectivity index (χ4n) is 2.29. The van der Waals surface area contributed by atoms with Crippen LogP contribution in [-0.2, 0) is 17.9 Å². The minimum Gasteiger partial charge on any atom is -0.358 e. The number of nitro groups is 2. The third-order valence-corrected chi connectivity index (χ3v) is 3.60. The summed E-state index contributed by atoms with van der Waals surface area (Å²) in [6.07, 6.45) is 2.33. The van der Waals surface area contributed by atoms with Crippen molar-refractivity contribution in [1.29, 1.82) is 0 Å². The molecule has 0 bridgehead atoms. The molecule has 0 aliphatic rings. The van der Waals surface area contributed by atoms with Crippen LogP contribution in [0.2, 0.25) is 0 Å². The molecule has 0 aliphatic heterocycles.